The van der Waals surface area contributed by atoms with Gasteiger partial charge in [-0.2, -0.15) is 0 Å². The second-order valence-corrected chi connectivity index (χ2v) is 5.20. The van der Waals surface area contributed by atoms with Gasteiger partial charge in [0, 0.05) is 11.1 Å². The number of halogens is 3. The Bertz CT molecular complexity index is 613. The Morgan fingerprint density at radius 1 is 1.15 bits per heavy atom. The zero-order chi connectivity index (χ0) is 14.7. The van der Waals surface area contributed by atoms with E-state index >= 15 is 0 Å². The van der Waals surface area contributed by atoms with E-state index < -0.39 is 0 Å². The van der Waals surface area contributed by atoms with Gasteiger partial charge in [0.25, 0.3) is 0 Å². The van der Waals surface area contributed by atoms with Crippen molar-refractivity contribution >= 4 is 11.6 Å². The fourth-order valence-corrected chi connectivity index (χ4v) is 2.33. The highest BCUT2D eigenvalue weighted by atomic mass is 35.5. The molecule has 2 aromatic carbocycles. The molecule has 0 aromatic heterocycles. The van der Waals surface area contributed by atoms with E-state index in [0.717, 1.165) is 5.56 Å². The Morgan fingerprint density at radius 3 is 2.55 bits per heavy atom. The molecule has 1 nitrogen and oxygen atoms in total. The monoisotopic (exact) mass is 295 g/mol. The summed E-state index contributed by atoms with van der Waals surface area (Å²) in [6.45, 7) is 1.72. The average Bonchev–Trinajstić information content (AvgIpc) is 2.43. The molecule has 0 aliphatic carbocycles. The minimum atomic E-state index is -0.325. The van der Waals surface area contributed by atoms with Gasteiger partial charge in [0.1, 0.15) is 11.6 Å². The number of hydrogen-bond acceptors (Lipinski definition) is 1. The van der Waals surface area contributed by atoms with Gasteiger partial charge >= 0.3 is 0 Å². The van der Waals surface area contributed by atoms with E-state index in [2.05, 4.69) is 5.32 Å². The molecule has 4 heteroatoms. The van der Waals surface area contributed by atoms with Crippen molar-refractivity contribution in [1.82, 2.24) is 5.32 Å². The SMILES string of the molecule is CNC(Cc1cc(F)ccc1Cl)c1ccc(C)c(F)c1. The Balaban J connectivity index is 2.28. The summed E-state index contributed by atoms with van der Waals surface area (Å²) < 4.78 is 26.9. The van der Waals surface area contributed by atoms with Crippen LogP contribution in [0, 0.1) is 18.6 Å². The summed E-state index contributed by atoms with van der Waals surface area (Å²) in [6, 6.07) is 9.26. The molecule has 20 heavy (non-hydrogen) atoms. The van der Waals surface area contributed by atoms with E-state index in [0.29, 0.717) is 22.6 Å². The lowest BCUT2D eigenvalue weighted by Gasteiger charge is -2.18. The van der Waals surface area contributed by atoms with Crippen molar-refractivity contribution in [3.8, 4) is 0 Å². The first-order chi connectivity index (χ1) is 9.51. The molecule has 0 bridgehead atoms. The van der Waals surface area contributed by atoms with Crippen molar-refractivity contribution in [3.05, 3.63) is 69.7 Å². The molecule has 1 atom stereocenters. The van der Waals surface area contributed by atoms with Crippen LogP contribution in [0.4, 0.5) is 8.78 Å². The summed E-state index contributed by atoms with van der Waals surface area (Å²) in [4.78, 5) is 0. The number of hydrogen-bond donors (Lipinski definition) is 1. The third kappa shape index (κ3) is 3.35. The lowest BCUT2D eigenvalue weighted by Crippen LogP contribution is -2.19. The molecule has 1 unspecified atom stereocenters. The van der Waals surface area contributed by atoms with Gasteiger partial charge in [-0.25, -0.2) is 8.78 Å². The number of aryl methyl sites for hydroxylation is 1. The molecule has 0 saturated heterocycles. The Morgan fingerprint density at radius 2 is 1.90 bits per heavy atom. The van der Waals surface area contributed by atoms with Crippen LogP contribution in [0.5, 0.6) is 0 Å². The molecule has 0 saturated carbocycles. The first kappa shape index (κ1) is 14.9. The van der Waals surface area contributed by atoms with Crippen LogP contribution in [-0.4, -0.2) is 7.05 Å². The normalized spacial score (nSPS) is 12.4. The van der Waals surface area contributed by atoms with Gasteiger partial charge in [-0.05, 0) is 61.3 Å². The minimum absolute atomic E-state index is 0.121. The van der Waals surface area contributed by atoms with Gasteiger partial charge in [0.05, 0.1) is 0 Å². The maximum Gasteiger partial charge on any atom is 0.126 e. The first-order valence-corrected chi connectivity index (χ1v) is 6.76. The van der Waals surface area contributed by atoms with Gasteiger partial charge < -0.3 is 5.32 Å². The quantitative estimate of drug-likeness (QED) is 0.880. The van der Waals surface area contributed by atoms with Crippen LogP contribution in [0.3, 0.4) is 0 Å². The Labute approximate surface area is 122 Å². The van der Waals surface area contributed by atoms with E-state index in [1.54, 1.807) is 20.0 Å². The molecule has 2 aromatic rings. The molecule has 0 amide bonds. The number of benzene rings is 2. The first-order valence-electron chi connectivity index (χ1n) is 6.38. The zero-order valence-electron chi connectivity index (χ0n) is 11.4. The van der Waals surface area contributed by atoms with Crippen LogP contribution in [-0.2, 0) is 6.42 Å². The molecule has 0 spiro atoms. The second-order valence-electron chi connectivity index (χ2n) is 4.79. The van der Waals surface area contributed by atoms with E-state index in [-0.39, 0.29) is 17.7 Å². The summed E-state index contributed by atoms with van der Waals surface area (Å²) in [5.41, 5.74) is 2.12. The molecular weight excluding hydrogens is 280 g/mol. The smallest absolute Gasteiger partial charge is 0.126 e. The van der Waals surface area contributed by atoms with Crippen molar-refractivity contribution in [2.45, 2.75) is 19.4 Å². The highest BCUT2D eigenvalue weighted by Gasteiger charge is 2.14. The zero-order valence-corrected chi connectivity index (χ0v) is 12.1. The fraction of sp³-hybridized carbons (Fsp3) is 0.250. The largest absolute Gasteiger partial charge is 0.313 e. The maximum absolute atomic E-state index is 13.6. The molecule has 2 rings (SSSR count). The Kier molecular flexibility index (Phi) is 4.73. The van der Waals surface area contributed by atoms with Crippen molar-refractivity contribution < 1.29 is 8.78 Å². The number of rotatable bonds is 4. The summed E-state index contributed by atoms with van der Waals surface area (Å²) in [5.74, 6) is -0.567. The van der Waals surface area contributed by atoms with Crippen LogP contribution in [0.15, 0.2) is 36.4 Å². The lowest BCUT2D eigenvalue weighted by molar-refractivity contribution is 0.570. The van der Waals surface area contributed by atoms with Gasteiger partial charge in [0.15, 0.2) is 0 Å². The fourth-order valence-electron chi connectivity index (χ4n) is 2.13. The van der Waals surface area contributed by atoms with Gasteiger partial charge in [0.2, 0.25) is 0 Å². The van der Waals surface area contributed by atoms with Crippen molar-refractivity contribution in [3.63, 3.8) is 0 Å². The third-order valence-corrected chi connectivity index (χ3v) is 3.75. The van der Waals surface area contributed by atoms with E-state index in [1.807, 2.05) is 6.07 Å². The molecule has 0 fully saturated rings. The van der Waals surface area contributed by atoms with Crippen LogP contribution in [0.25, 0.3) is 0 Å². The Hall–Kier alpha value is -1.45. The van der Waals surface area contributed by atoms with Crippen LogP contribution < -0.4 is 5.32 Å². The minimum Gasteiger partial charge on any atom is -0.313 e. The topological polar surface area (TPSA) is 12.0 Å². The highest BCUT2D eigenvalue weighted by molar-refractivity contribution is 6.31. The summed E-state index contributed by atoms with van der Waals surface area (Å²) in [7, 11) is 1.79. The molecule has 0 aliphatic rings. The summed E-state index contributed by atoms with van der Waals surface area (Å²) in [5, 5.41) is 3.63. The number of nitrogens with one attached hydrogen (secondary N) is 1. The summed E-state index contributed by atoms with van der Waals surface area (Å²) in [6.07, 6.45) is 0.496. The highest BCUT2D eigenvalue weighted by Crippen LogP contribution is 2.25. The van der Waals surface area contributed by atoms with Crippen molar-refractivity contribution in [2.75, 3.05) is 7.05 Å². The standard InChI is InChI=1S/C16H16ClF2N/c1-10-3-4-11(8-15(10)19)16(20-2)9-12-7-13(18)5-6-14(12)17/h3-8,16,20H,9H2,1-2H3. The summed E-state index contributed by atoms with van der Waals surface area (Å²) >= 11 is 6.07. The van der Waals surface area contributed by atoms with E-state index in [9.17, 15) is 8.78 Å². The third-order valence-electron chi connectivity index (χ3n) is 3.38. The second kappa shape index (κ2) is 6.33. The van der Waals surface area contributed by atoms with Gasteiger partial charge in [-0.3, -0.25) is 0 Å². The molecule has 1 N–H and O–H groups in total. The van der Waals surface area contributed by atoms with Gasteiger partial charge in [-0.15, -0.1) is 0 Å². The van der Waals surface area contributed by atoms with Gasteiger partial charge in [-0.1, -0.05) is 23.7 Å². The predicted octanol–water partition coefficient (Wildman–Crippen LogP) is 4.43. The molecule has 106 valence electrons. The average molecular weight is 296 g/mol. The molecule has 0 heterocycles. The predicted molar refractivity (Wildman–Crippen MR) is 78.1 cm³/mol. The van der Waals surface area contributed by atoms with Crippen LogP contribution in [0.2, 0.25) is 5.02 Å². The van der Waals surface area contributed by atoms with Crippen molar-refractivity contribution in [2.24, 2.45) is 0 Å². The number of likely N-dealkylation sites (N-methyl/N-ethyl adjacent to an activating group) is 1. The van der Waals surface area contributed by atoms with Crippen LogP contribution >= 0.6 is 11.6 Å². The van der Waals surface area contributed by atoms with Crippen molar-refractivity contribution in [1.29, 1.82) is 0 Å². The molecule has 0 aliphatic heterocycles. The lowest BCUT2D eigenvalue weighted by atomic mass is 9.98. The van der Waals surface area contributed by atoms with E-state index in [4.69, 9.17) is 11.6 Å². The maximum atomic E-state index is 13.6. The molecular formula is C16H16ClF2N. The van der Waals surface area contributed by atoms with E-state index in [1.165, 1.54) is 24.3 Å². The van der Waals surface area contributed by atoms with Crippen LogP contribution in [0.1, 0.15) is 22.7 Å². The molecule has 0 radical (unpaired) electrons.